The van der Waals surface area contributed by atoms with Crippen LogP contribution in [0.1, 0.15) is 5.69 Å². The maximum absolute atomic E-state index is 5.91. The van der Waals surface area contributed by atoms with E-state index in [-0.39, 0.29) is 0 Å². The van der Waals surface area contributed by atoms with Crippen LogP contribution in [-0.4, -0.2) is 12.0 Å². The molecule has 0 radical (unpaired) electrons. The minimum atomic E-state index is 0.516. The fourth-order valence-corrected chi connectivity index (χ4v) is 1.59. The Morgan fingerprint density at radius 2 is 2.20 bits per heavy atom. The molecule has 0 aliphatic carbocycles. The lowest BCUT2D eigenvalue weighted by molar-refractivity contribution is 0.589. The van der Waals surface area contributed by atoms with Gasteiger partial charge in [0.25, 0.3) is 6.01 Å². The first-order valence-electron chi connectivity index (χ1n) is 4.62. The van der Waals surface area contributed by atoms with Gasteiger partial charge in [-0.15, -0.1) is 0 Å². The predicted molar refractivity (Wildman–Crippen MR) is 61.2 cm³/mol. The van der Waals surface area contributed by atoms with Crippen molar-refractivity contribution in [2.75, 3.05) is 12.4 Å². The number of hydrogen-bond acceptors (Lipinski definition) is 3. The summed E-state index contributed by atoms with van der Waals surface area (Å²) in [6, 6.07) is 8.03. The molecule has 0 aliphatic rings. The van der Waals surface area contributed by atoms with E-state index >= 15 is 0 Å². The number of nitrogens with zero attached hydrogens (tertiary/aromatic N) is 1. The van der Waals surface area contributed by atoms with Crippen molar-refractivity contribution in [1.29, 1.82) is 0 Å². The summed E-state index contributed by atoms with van der Waals surface area (Å²) in [7, 11) is 1.77. The predicted octanol–water partition coefficient (Wildman–Crippen LogP) is 3.35. The molecule has 1 aromatic heterocycles. The van der Waals surface area contributed by atoms with Crippen LogP contribution in [0.25, 0.3) is 11.3 Å². The Bertz CT molecular complexity index is 479. The summed E-state index contributed by atoms with van der Waals surface area (Å²) in [6.07, 6.45) is 0. The van der Waals surface area contributed by atoms with Gasteiger partial charge in [0, 0.05) is 17.6 Å². The van der Waals surface area contributed by atoms with Crippen LogP contribution in [0.5, 0.6) is 0 Å². The van der Waals surface area contributed by atoms with E-state index in [1.165, 1.54) is 0 Å². The quantitative estimate of drug-likeness (QED) is 0.847. The molecule has 0 saturated heterocycles. The minimum Gasteiger partial charge on any atom is -0.423 e. The van der Waals surface area contributed by atoms with Crippen LogP contribution in [0.4, 0.5) is 6.01 Å². The molecule has 0 fully saturated rings. The smallest absolute Gasteiger partial charge is 0.295 e. The topological polar surface area (TPSA) is 38.1 Å². The molecule has 0 aliphatic heterocycles. The van der Waals surface area contributed by atoms with E-state index in [0.717, 1.165) is 17.0 Å². The van der Waals surface area contributed by atoms with Crippen LogP contribution >= 0.6 is 11.6 Å². The van der Waals surface area contributed by atoms with Crippen molar-refractivity contribution in [2.45, 2.75) is 6.92 Å². The summed E-state index contributed by atoms with van der Waals surface area (Å²) in [6.45, 7) is 1.90. The molecule has 1 aromatic carbocycles. The Morgan fingerprint density at radius 3 is 2.80 bits per heavy atom. The zero-order chi connectivity index (χ0) is 10.8. The molecule has 2 aromatic rings. The van der Waals surface area contributed by atoms with E-state index in [9.17, 15) is 0 Å². The standard InChI is InChI=1S/C11H11ClN2O/c1-7-10(15-11(13-2)14-7)8-4-3-5-9(12)6-8/h3-6H,1-2H3,(H,13,14). The molecule has 78 valence electrons. The molecule has 1 N–H and O–H groups in total. The van der Waals surface area contributed by atoms with Gasteiger partial charge in [-0.25, -0.2) is 0 Å². The van der Waals surface area contributed by atoms with Gasteiger partial charge in [-0.1, -0.05) is 23.7 Å². The zero-order valence-electron chi connectivity index (χ0n) is 8.54. The van der Waals surface area contributed by atoms with Gasteiger partial charge in [0.2, 0.25) is 0 Å². The average Bonchev–Trinajstić information content (AvgIpc) is 2.60. The van der Waals surface area contributed by atoms with Crippen LogP contribution in [0.2, 0.25) is 5.02 Å². The summed E-state index contributed by atoms with van der Waals surface area (Å²) in [5.41, 5.74) is 1.79. The lowest BCUT2D eigenvalue weighted by Gasteiger charge is -1.97. The molecule has 15 heavy (non-hydrogen) atoms. The molecule has 0 atom stereocenters. The van der Waals surface area contributed by atoms with Gasteiger partial charge < -0.3 is 9.73 Å². The molecule has 0 unspecified atom stereocenters. The van der Waals surface area contributed by atoms with Gasteiger partial charge in [-0.2, -0.15) is 4.98 Å². The molecule has 0 amide bonds. The molecule has 2 rings (SSSR count). The molecule has 0 saturated carbocycles. The van der Waals surface area contributed by atoms with E-state index < -0.39 is 0 Å². The van der Waals surface area contributed by atoms with Crippen LogP contribution in [0.15, 0.2) is 28.7 Å². The summed E-state index contributed by atoms with van der Waals surface area (Å²) in [5.74, 6) is 0.752. The normalized spacial score (nSPS) is 10.3. The lowest BCUT2D eigenvalue weighted by Crippen LogP contribution is -1.85. The largest absolute Gasteiger partial charge is 0.423 e. The Hall–Kier alpha value is -1.48. The first kappa shape index (κ1) is 10.1. The van der Waals surface area contributed by atoms with E-state index in [0.29, 0.717) is 11.0 Å². The van der Waals surface area contributed by atoms with E-state index in [2.05, 4.69) is 10.3 Å². The van der Waals surface area contributed by atoms with Crippen molar-refractivity contribution in [3.63, 3.8) is 0 Å². The number of hydrogen-bond donors (Lipinski definition) is 1. The maximum Gasteiger partial charge on any atom is 0.295 e. The summed E-state index contributed by atoms with van der Waals surface area (Å²) >= 11 is 5.91. The van der Waals surface area contributed by atoms with Gasteiger partial charge in [0.05, 0.1) is 5.69 Å². The molecular formula is C11H11ClN2O. The number of oxazole rings is 1. The number of halogens is 1. The Labute approximate surface area is 93.1 Å². The van der Waals surface area contributed by atoms with Crippen LogP contribution < -0.4 is 5.32 Å². The van der Waals surface area contributed by atoms with E-state index in [1.54, 1.807) is 7.05 Å². The van der Waals surface area contributed by atoms with Gasteiger partial charge in [0.15, 0.2) is 5.76 Å². The van der Waals surface area contributed by atoms with E-state index in [1.807, 2.05) is 31.2 Å². The number of anilines is 1. The summed E-state index contributed by atoms with van der Waals surface area (Å²) < 4.78 is 5.52. The molecule has 0 bridgehead atoms. The highest BCUT2D eigenvalue weighted by Crippen LogP contribution is 2.28. The third-order valence-corrected chi connectivity index (χ3v) is 2.33. The molecule has 0 spiro atoms. The second-order valence-electron chi connectivity index (χ2n) is 3.19. The minimum absolute atomic E-state index is 0.516. The van der Waals surface area contributed by atoms with Crippen LogP contribution in [0.3, 0.4) is 0 Å². The zero-order valence-corrected chi connectivity index (χ0v) is 9.30. The third kappa shape index (κ3) is 1.97. The molecular weight excluding hydrogens is 212 g/mol. The van der Waals surface area contributed by atoms with Crippen LogP contribution in [-0.2, 0) is 0 Å². The number of aryl methyl sites for hydroxylation is 1. The van der Waals surface area contributed by atoms with Crippen molar-refractivity contribution in [1.82, 2.24) is 4.98 Å². The summed E-state index contributed by atoms with van der Waals surface area (Å²) in [5, 5.41) is 3.55. The van der Waals surface area contributed by atoms with Gasteiger partial charge in [-0.3, -0.25) is 0 Å². The Kier molecular flexibility index (Phi) is 2.64. The highest BCUT2D eigenvalue weighted by atomic mass is 35.5. The van der Waals surface area contributed by atoms with Crippen molar-refractivity contribution >= 4 is 17.6 Å². The highest BCUT2D eigenvalue weighted by Gasteiger charge is 2.10. The number of nitrogens with one attached hydrogen (secondary N) is 1. The average molecular weight is 223 g/mol. The Morgan fingerprint density at radius 1 is 1.40 bits per heavy atom. The number of aromatic nitrogens is 1. The molecule has 3 nitrogen and oxygen atoms in total. The SMILES string of the molecule is CNc1nc(C)c(-c2cccc(Cl)c2)o1. The van der Waals surface area contributed by atoms with Crippen molar-refractivity contribution in [3.05, 3.63) is 35.0 Å². The fourth-order valence-electron chi connectivity index (χ4n) is 1.40. The maximum atomic E-state index is 5.91. The molecule has 4 heteroatoms. The van der Waals surface area contributed by atoms with Gasteiger partial charge in [-0.05, 0) is 19.1 Å². The Balaban J connectivity index is 2.48. The van der Waals surface area contributed by atoms with E-state index in [4.69, 9.17) is 16.0 Å². The first-order chi connectivity index (χ1) is 7.20. The monoisotopic (exact) mass is 222 g/mol. The van der Waals surface area contributed by atoms with Crippen molar-refractivity contribution in [3.8, 4) is 11.3 Å². The number of benzene rings is 1. The van der Waals surface area contributed by atoms with Gasteiger partial charge >= 0.3 is 0 Å². The fraction of sp³-hybridized carbons (Fsp3) is 0.182. The molecule has 1 heterocycles. The second kappa shape index (κ2) is 3.95. The lowest BCUT2D eigenvalue weighted by atomic mass is 10.1. The van der Waals surface area contributed by atoms with Crippen molar-refractivity contribution in [2.24, 2.45) is 0 Å². The van der Waals surface area contributed by atoms with Crippen LogP contribution in [0, 0.1) is 6.92 Å². The first-order valence-corrected chi connectivity index (χ1v) is 4.99. The third-order valence-electron chi connectivity index (χ3n) is 2.10. The second-order valence-corrected chi connectivity index (χ2v) is 3.63. The van der Waals surface area contributed by atoms with Gasteiger partial charge in [0.1, 0.15) is 0 Å². The highest BCUT2D eigenvalue weighted by molar-refractivity contribution is 6.30. The number of rotatable bonds is 2. The summed E-state index contributed by atoms with van der Waals surface area (Å²) in [4.78, 5) is 4.21. The van der Waals surface area contributed by atoms with Crippen molar-refractivity contribution < 1.29 is 4.42 Å².